The molecule has 0 aliphatic rings. The van der Waals surface area contributed by atoms with Crippen molar-refractivity contribution >= 4 is 29.2 Å². The quantitative estimate of drug-likeness (QED) is 0.472. The summed E-state index contributed by atoms with van der Waals surface area (Å²) >= 11 is 5.87. The van der Waals surface area contributed by atoms with E-state index in [1.54, 1.807) is 31.2 Å². The van der Waals surface area contributed by atoms with Crippen LogP contribution in [0, 0.1) is 17.0 Å². The van der Waals surface area contributed by atoms with Gasteiger partial charge in [0.2, 0.25) is 0 Å². The van der Waals surface area contributed by atoms with Crippen molar-refractivity contribution in [2.24, 2.45) is 0 Å². The number of hydrogen-bond acceptors (Lipinski definition) is 5. The molecule has 136 valence electrons. The average Bonchev–Trinajstić information content (AvgIpc) is 2.61. The number of nitro groups is 1. The van der Waals surface area contributed by atoms with Crippen LogP contribution in [0.2, 0.25) is 5.02 Å². The summed E-state index contributed by atoms with van der Waals surface area (Å²) in [5, 5.41) is 14.2. The molecule has 0 spiro atoms. The number of ether oxygens (including phenoxy) is 1. The van der Waals surface area contributed by atoms with Crippen molar-refractivity contribution < 1.29 is 19.2 Å². The van der Waals surface area contributed by atoms with Gasteiger partial charge in [-0.15, -0.1) is 0 Å². The molecule has 1 atom stereocenters. The van der Waals surface area contributed by atoms with E-state index in [-0.39, 0.29) is 17.7 Å². The molecule has 0 saturated heterocycles. The van der Waals surface area contributed by atoms with Gasteiger partial charge >= 0.3 is 5.97 Å². The zero-order valence-electron chi connectivity index (χ0n) is 14.2. The summed E-state index contributed by atoms with van der Waals surface area (Å²) in [7, 11) is 1.27. The second kappa shape index (κ2) is 8.44. The van der Waals surface area contributed by atoms with E-state index in [0.29, 0.717) is 16.1 Å². The molecule has 0 aliphatic carbocycles. The maximum atomic E-state index is 12.5. The van der Waals surface area contributed by atoms with E-state index < -0.39 is 22.8 Å². The number of halogens is 1. The van der Waals surface area contributed by atoms with E-state index >= 15 is 0 Å². The molecule has 0 aromatic heterocycles. The molecule has 1 amide bonds. The average molecular weight is 377 g/mol. The smallest absolute Gasteiger partial charge is 0.307 e. The summed E-state index contributed by atoms with van der Waals surface area (Å²) in [5.74, 6) is -0.933. The minimum absolute atomic E-state index is 0.0597. The standard InChI is InChI=1S/C18H17ClN2O5/c1-11-9-13(5-8-16(11)21(24)25)18(23)20-15(10-17(22)26-2)12-3-6-14(19)7-4-12/h3-9,15H,10H2,1-2H3,(H,20,23)/t15-/m1/s1. The number of nitro benzene ring substituents is 1. The summed E-state index contributed by atoms with van der Waals surface area (Å²) in [6, 6.07) is 10.2. The van der Waals surface area contributed by atoms with E-state index in [1.807, 2.05) is 0 Å². The molecule has 0 heterocycles. The molecule has 0 aliphatic heterocycles. The normalized spacial score (nSPS) is 11.5. The Balaban J connectivity index is 2.25. The minimum Gasteiger partial charge on any atom is -0.469 e. The molecule has 1 N–H and O–H groups in total. The number of hydrogen-bond donors (Lipinski definition) is 1. The highest BCUT2D eigenvalue weighted by Gasteiger charge is 2.21. The second-order valence-electron chi connectivity index (χ2n) is 5.62. The molecular weight excluding hydrogens is 360 g/mol. The highest BCUT2D eigenvalue weighted by atomic mass is 35.5. The Morgan fingerprint density at radius 1 is 1.23 bits per heavy atom. The first-order valence-corrected chi connectivity index (χ1v) is 8.07. The van der Waals surface area contributed by atoms with Gasteiger partial charge in [-0.2, -0.15) is 0 Å². The van der Waals surface area contributed by atoms with Crippen molar-refractivity contribution in [2.75, 3.05) is 7.11 Å². The molecule has 0 radical (unpaired) electrons. The lowest BCUT2D eigenvalue weighted by Crippen LogP contribution is -2.30. The van der Waals surface area contributed by atoms with Crippen molar-refractivity contribution in [1.29, 1.82) is 0 Å². The first-order chi connectivity index (χ1) is 12.3. The third-order valence-corrected chi connectivity index (χ3v) is 4.08. The van der Waals surface area contributed by atoms with Gasteiger partial charge in [0.25, 0.3) is 11.6 Å². The van der Waals surface area contributed by atoms with Crippen molar-refractivity contribution in [2.45, 2.75) is 19.4 Å². The number of esters is 1. The van der Waals surface area contributed by atoms with Crippen LogP contribution in [0.4, 0.5) is 5.69 Å². The van der Waals surface area contributed by atoms with Gasteiger partial charge < -0.3 is 10.1 Å². The van der Waals surface area contributed by atoms with Crippen LogP contribution < -0.4 is 5.32 Å². The Kier molecular flexibility index (Phi) is 6.30. The monoisotopic (exact) mass is 376 g/mol. The fraction of sp³-hybridized carbons (Fsp3) is 0.222. The molecule has 2 aromatic rings. The minimum atomic E-state index is -0.622. The lowest BCUT2D eigenvalue weighted by Gasteiger charge is -2.18. The molecule has 8 heteroatoms. The SMILES string of the molecule is COC(=O)C[C@@H](NC(=O)c1ccc([N+](=O)[O-])c(C)c1)c1ccc(Cl)cc1. The number of benzene rings is 2. The zero-order valence-corrected chi connectivity index (χ0v) is 14.9. The highest BCUT2D eigenvalue weighted by Crippen LogP contribution is 2.22. The van der Waals surface area contributed by atoms with Crippen LogP contribution in [0.1, 0.15) is 33.9 Å². The zero-order chi connectivity index (χ0) is 19.3. The second-order valence-corrected chi connectivity index (χ2v) is 6.05. The lowest BCUT2D eigenvalue weighted by atomic mass is 10.0. The van der Waals surface area contributed by atoms with Crippen LogP contribution in [0.25, 0.3) is 0 Å². The van der Waals surface area contributed by atoms with Crippen LogP contribution in [0.5, 0.6) is 0 Å². The molecule has 7 nitrogen and oxygen atoms in total. The Labute approximate surface area is 155 Å². The molecule has 2 aromatic carbocycles. The van der Waals surface area contributed by atoms with Gasteiger partial charge in [0.15, 0.2) is 0 Å². The number of carbonyl (C=O) groups excluding carboxylic acids is 2. The summed E-state index contributed by atoms with van der Waals surface area (Å²) in [4.78, 5) is 34.6. The van der Waals surface area contributed by atoms with Gasteiger partial charge in [0.05, 0.1) is 24.5 Å². The fourth-order valence-electron chi connectivity index (χ4n) is 2.44. The fourth-order valence-corrected chi connectivity index (χ4v) is 2.57. The van der Waals surface area contributed by atoms with Gasteiger partial charge in [-0.05, 0) is 36.8 Å². The van der Waals surface area contributed by atoms with E-state index in [9.17, 15) is 19.7 Å². The van der Waals surface area contributed by atoms with E-state index in [0.717, 1.165) is 0 Å². The topological polar surface area (TPSA) is 98.5 Å². The number of amides is 1. The third kappa shape index (κ3) is 4.80. The van der Waals surface area contributed by atoms with Crippen LogP contribution in [0.15, 0.2) is 42.5 Å². The molecular formula is C18H17ClN2O5. The Morgan fingerprint density at radius 3 is 2.42 bits per heavy atom. The maximum absolute atomic E-state index is 12.5. The summed E-state index contributed by atoms with van der Waals surface area (Å²) in [6.45, 7) is 1.56. The number of nitrogens with one attached hydrogen (secondary N) is 1. The third-order valence-electron chi connectivity index (χ3n) is 3.83. The predicted molar refractivity (Wildman–Crippen MR) is 96.1 cm³/mol. The molecule has 26 heavy (non-hydrogen) atoms. The van der Waals surface area contributed by atoms with E-state index in [1.165, 1.54) is 25.3 Å². The van der Waals surface area contributed by atoms with Crippen molar-refractivity contribution in [3.05, 3.63) is 74.3 Å². The van der Waals surface area contributed by atoms with E-state index in [2.05, 4.69) is 10.1 Å². The van der Waals surface area contributed by atoms with Crippen molar-refractivity contribution in [1.82, 2.24) is 5.32 Å². The first-order valence-electron chi connectivity index (χ1n) is 7.70. The van der Waals surface area contributed by atoms with Gasteiger partial charge in [0, 0.05) is 22.2 Å². The molecule has 0 fully saturated rings. The van der Waals surface area contributed by atoms with Gasteiger partial charge in [-0.25, -0.2) is 0 Å². The number of carbonyl (C=O) groups is 2. The molecule has 2 rings (SSSR count). The Bertz CT molecular complexity index is 836. The lowest BCUT2D eigenvalue weighted by molar-refractivity contribution is -0.385. The number of methoxy groups -OCH3 is 1. The van der Waals surface area contributed by atoms with Crippen LogP contribution in [-0.4, -0.2) is 23.9 Å². The first kappa shape index (κ1) is 19.4. The molecule has 0 unspecified atom stereocenters. The van der Waals surface area contributed by atoms with Gasteiger partial charge in [-0.3, -0.25) is 19.7 Å². The van der Waals surface area contributed by atoms with Crippen molar-refractivity contribution in [3.63, 3.8) is 0 Å². The maximum Gasteiger partial charge on any atom is 0.307 e. The number of rotatable bonds is 6. The Hall–Kier alpha value is -2.93. The van der Waals surface area contributed by atoms with E-state index in [4.69, 9.17) is 11.6 Å². The summed E-state index contributed by atoms with van der Waals surface area (Å²) in [6.07, 6.45) is -0.0597. The Morgan fingerprint density at radius 2 is 1.88 bits per heavy atom. The molecule has 0 bridgehead atoms. The number of nitrogens with zero attached hydrogens (tertiary/aromatic N) is 1. The largest absolute Gasteiger partial charge is 0.469 e. The van der Waals surface area contributed by atoms with Crippen LogP contribution >= 0.6 is 11.6 Å². The van der Waals surface area contributed by atoms with Crippen molar-refractivity contribution in [3.8, 4) is 0 Å². The summed E-state index contributed by atoms with van der Waals surface area (Å²) in [5.41, 5.74) is 1.26. The van der Waals surface area contributed by atoms with Gasteiger partial charge in [0.1, 0.15) is 0 Å². The van der Waals surface area contributed by atoms with Crippen LogP contribution in [-0.2, 0) is 9.53 Å². The van der Waals surface area contributed by atoms with Gasteiger partial charge in [-0.1, -0.05) is 23.7 Å². The predicted octanol–water partition coefficient (Wildman–Crippen LogP) is 3.59. The summed E-state index contributed by atoms with van der Waals surface area (Å²) < 4.78 is 4.68. The highest BCUT2D eigenvalue weighted by molar-refractivity contribution is 6.30. The van der Waals surface area contributed by atoms with Crippen LogP contribution in [0.3, 0.4) is 0 Å². The molecule has 0 saturated carbocycles. The number of aryl methyl sites for hydroxylation is 1.